The van der Waals surface area contributed by atoms with Crippen LogP contribution in [-0.2, 0) is 0 Å². The lowest BCUT2D eigenvalue weighted by Gasteiger charge is -2.31. The van der Waals surface area contributed by atoms with Gasteiger partial charge in [-0.15, -0.1) is 0 Å². The van der Waals surface area contributed by atoms with Crippen LogP contribution < -0.4 is 10.2 Å². The Morgan fingerprint density at radius 2 is 2.21 bits per heavy atom. The maximum atomic E-state index is 8.98. The molecule has 1 unspecified atom stereocenters. The highest BCUT2D eigenvalue weighted by molar-refractivity contribution is 5.44. The number of hydrogen-bond acceptors (Lipinski definition) is 4. The minimum atomic E-state index is 0.514. The van der Waals surface area contributed by atoms with E-state index in [1.165, 1.54) is 32.1 Å². The lowest BCUT2D eigenvalue weighted by molar-refractivity contribution is 0.397. The van der Waals surface area contributed by atoms with Crippen LogP contribution >= 0.6 is 0 Å². The summed E-state index contributed by atoms with van der Waals surface area (Å²) < 4.78 is 0. The summed E-state index contributed by atoms with van der Waals surface area (Å²) in [6, 6.07) is 9.07. The Labute approximate surface area is 114 Å². The SMILES string of the molecule is N#Cc1cccc(N(CC2CCCCN2)C2CC2)n1. The normalized spacial score (nSPS) is 22.8. The number of rotatable bonds is 4. The number of pyridine rings is 1. The zero-order valence-electron chi connectivity index (χ0n) is 11.2. The number of piperidine rings is 1. The minimum Gasteiger partial charge on any atom is -0.352 e. The summed E-state index contributed by atoms with van der Waals surface area (Å²) in [4.78, 5) is 6.85. The lowest BCUT2D eigenvalue weighted by atomic mass is 10.0. The zero-order valence-corrected chi connectivity index (χ0v) is 11.2. The smallest absolute Gasteiger partial charge is 0.142 e. The standard InChI is InChI=1S/C15H20N4/c16-10-12-5-3-6-15(18-12)19(14-7-8-14)11-13-4-1-2-9-17-13/h3,5-6,13-14,17H,1-2,4,7-9,11H2. The van der Waals surface area contributed by atoms with E-state index >= 15 is 0 Å². The fourth-order valence-corrected chi connectivity index (χ4v) is 2.78. The molecular formula is C15H20N4. The number of nitriles is 1. The highest BCUT2D eigenvalue weighted by Crippen LogP contribution is 2.31. The molecule has 19 heavy (non-hydrogen) atoms. The molecule has 1 saturated carbocycles. The summed E-state index contributed by atoms with van der Waals surface area (Å²) in [6.45, 7) is 2.15. The fourth-order valence-electron chi connectivity index (χ4n) is 2.78. The van der Waals surface area contributed by atoms with Gasteiger partial charge >= 0.3 is 0 Å². The molecule has 1 aliphatic heterocycles. The topological polar surface area (TPSA) is 52.0 Å². The Morgan fingerprint density at radius 3 is 2.89 bits per heavy atom. The van der Waals surface area contributed by atoms with E-state index in [-0.39, 0.29) is 0 Å². The fraction of sp³-hybridized carbons (Fsp3) is 0.600. The van der Waals surface area contributed by atoms with E-state index in [9.17, 15) is 0 Å². The minimum absolute atomic E-state index is 0.514. The van der Waals surface area contributed by atoms with Gasteiger partial charge in [0, 0.05) is 18.6 Å². The van der Waals surface area contributed by atoms with Crippen molar-refractivity contribution < 1.29 is 0 Å². The molecule has 4 heteroatoms. The highest BCUT2D eigenvalue weighted by Gasteiger charge is 2.31. The Morgan fingerprint density at radius 1 is 1.32 bits per heavy atom. The van der Waals surface area contributed by atoms with Crippen LogP contribution in [0.1, 0.15) is 37.8 Å². The second-order valence-electron chi connectivity index (χ2n) is 5.52. The summed E-state index contributed by atoms with van der Waals surface area (Å²) in [7, 11) is 0. The lowest BCUT2D eigenvalue weighted by Crippen LogP contribution is -2.44. The van der Waals surface area contributed by atoms with Gasteiger partial charge in [0.15, 0.2) is 0 Å². The van der Waals surface area contributed by atoms with Crippen molar-refractivity contribution in [1.29, 1.82) is 5.26 Å². The van der Waals surface area contributed by atoms with Crippen LogP contribution in [0.4, 0.5) is 5.82 Å². The summed E-state index contributed by atoms with van der Waals surface area (Å²) in [5.41, 5.74) is 0.514. The average Bonchev–Trinajstić information content (AvgIpc) is 3.30. The maximum absolute atomic E-state index is 8.98. The van der Waals surface area contributed by atoms with Crippen LogP contribution in [0.2, 0.25) is 0 Å². The molecule has 2 aliphatic rings. The van der Waals surface area contributed by atoms with Crippen molar-refractivity contribution in [2.75, 3.05) is 18.0 Å². The predicted molar refractivity (Wildman–Crippen MR) is 75.0 cm³/mol. The van der Waals surface area contributed by atoms with Gasteiger partial charge in [0.1, 0.15) is 17.6 Å². The third-order valence-electron chi connectivity index (χ3n) is 3.96. The first kappa shape index (κ1) is 12.4. The van der Waals surface area contributed by atoms with Gasteiger partial charge in [-0.1, -0.05) is 12.5 Å². The molecule has 1 atom stereocenters. The van der Waals surface area contributed by atoms with Crippen LogP contribution in [-0.4, -0.2) is 30.2 Å². The van der Waals surface area contributed by atoms with Gasteiger partial charge in [0.05, 0.1) is 0 Å². The molecule has 100 valence electrons. The van der Waals surface area contributed by atoms with Crippen LogP contribution in [0.25, 0.3) is 0 Å². The van der Waals surface area contributed by atoms with Gasteiger partial charge in [0.2, 0.25) is 0 Å². The van der Waals surface area contributed by atoms with Crippen LogP contribution in [0, 0.1) is 11.3 Å². The van der Waals surface area contributed by atoms with Crippen molar-refractivity contribution in [2.24, 2.45) is 0 Å². The Bertz CT molecular complexity index is 469. The zero-order chi connectivity index (χ0) is 13.1. The average molecular weight is 256 g/mol. The molecule has 0 amide bonds. The van der Waals surface area contributed by atoms with Crippen LogP contribution in [0.5, 0.6) is 0 Å². The van der Waals surface area contributed by atoms with Gasteiger partial charge < -0.3 is 10.2 Å². The second kappa shape index (κ2) is 5.58. The van der Waals surface area contributed by atoms with Crippen molar-refractivity contribution in [3.8, 4) is 6.07 Å². The number of nitrogens with zero attached hydrogens (tertiary/aromatic N) is 3. The second-order valence-corrected chi connectivity index (χ2v) is 5.52. The number of aromatic nitrogens is 1. The predicted octanol–water partition coefficient (Wildman–Crippen LogP) is 2.06. The van der Waals surface area contributed by atoms with Crippen molar-refractivity contribution >= 4 is 5.82 Å². The van der Waals surface area contributed by atoms with Crippen LogP contribution in [0.15, 0.2) is 18.2 Å². The largest absolute Gasteiger partial charge is 0.352 e. The Kier molecular flexibility index (Phi) is 3.65. The molecule has 4 nitrogen and oxygen atoms in total. The molecular weight excluding hydrogens is 236 g/mol. The van der Waals surface area contributed by atoms with E-state index in [0.717, 1.165) is 18.9 Å². The maximum Gasteiger partial charge on any atom is 0.142 e. The quantitative estimate of drug-likeness (QED) is 0.896. The highest BCUT2D eigenvalue weighted by atomic mass is 15.2. The van der Waals surface area contributed by atoms with Crippen molar-refractivity contribution in [3.05, 3.63) is 23.9 Å². The Hall–Kier alpha value is -1.60. The van der Waals surface area contributed by atoms with Gasteiger partial charge in [-0.05, 0) is 44.4 Å². The first-order chi connectivity index (χ1) is 9.36. The number of nitrogens with one attached hydrogen (secondary N) is 1. The van der Waals surface area contributed by atoms with Gasteiger partial charge in [-0.25, -0.2) is 4.98 Å². The molecule has 0 radical (unpaired) electrons. The first-order valence-electron chi connectivity index (χ1n) is 7.24. The van der Waals surface area contributed by atoms with Crippen molar-refractivity contribution in [1.82, 2.24) is 10.3 Å². The molecule has 2 heterocycles. The molecule has 1 saturated heterocycles. The third-order valence-corrected chi connectivity index (χ3v) is 3.96. The summed E-state index contributed by atoms with van der Waals surface area (Å²) in [5, 5.41) is 12.6. The molecule has 1 N–H and O–H groups in total. The molecule has 0 aromatic carbocycles. The molecule has 1 aromatic heterocycles. The molecule has 0 bridgehead atoms. The molecule has 1 aliphatic carbocycles. The van der Waals surface area contributed by atoms with E-state index in [1.54, 1.807) is 6.07 Å². The molecule has 0 spiro atoms. The number of hydrogen-bond donors (Lipinski definition) is 1. The Balaban J connectivity index is 1.74. The summed E-state index contributed by atoms with van der Waals surface area (Å²) >= 11 is 0. The van der Waals surface area contributed by atoms with E-state index in [4.69, 9.17) is 5.26 Å². The van der Waals surface area contributed by atoms with E-state index in [2.05, 4.69) is 21.3 Å². The monoisotopic (exact) mass is 256 g/mol. The third kappa shape index (κ3) is 3.05. The molecule has 1 aromatic rings. The van der Waals surface area contributed by atoms with Crippen molar-refractivity contribution in [2.45, 2.75) is 44.2 Å². The van der Waals surface area contributed by atoms with Gasteiger partial charge in [-0.2, -0.15) is 5.26 Å². The number of anilines is 1. The first-order valence-corrected chi connectivity index (χ1v) is 7.24. The summed E-state index contributed by atoms with van der Waals surface area (Å²) in [5.74, 6) is 0.967. The van der Waals surface area contributed by atoms with Gasteiger partial charge in [-0.3, -0.25) is 0 Å². The van der Waals surface area contributed by atoms with Crippen molar-refractivity contribution in [3.63, 3.8) is 0 Å². The summed E-state index contributed by atoms with van der Waals surface area (Å²) in [6.07, 6.45) is 6.38. The van der Waals surface area contributed by atoms with E-state index in [1.807, 2.05) is 12.1 Å². The molecule has 2 fully saturated rings. The van der Waals surface area contributed by atoms with E-state index < -0.39 is 0 Å². The van der Waals surface area contributed by atoms with E-state index in [0.29, 0.717) is 17.8 Å². The van der Waals surface area contributed by atoms with Gasteiger partial charge in [0.25, 0.3) is 0 Å². The molecule has 3 rings (SSSR count). The van der Waals surface area contributed by atoms with Crippen LogP contribution in [0.3, 0.4) is 0 Å².